The number of hydrogen-bond donors (Lipinski definition) is 1. The SMILES string of the molecule is COc1cc2c(cc1OC)[C@H](c1ccccc1)N1CCNC[C@@H]1C2.Cl.Cl. The summed E-state index contributed by atoms with van der Waals surface area (Å²) in [6.45, 7) is 3.15. The number of hydrogen-bond acceptors (Lipinski definition) is 4. The maximum absolute atomic E-state index is 5.57. The zero-order valence-corrected chi connectivity index (χ0v) is 16.7. The summed E-state index contributed by atoms with van der Waals surface area (Å²) in [6.07, 6.45) is 1.05. The van der Waals surface area contributed by atoms with Crippen molar-refractivity contribution in [2.75, 3.05) is 33.9 Å². The highest BCUT2D eigenvalue weighted by molar-refractivity contribution is 5.85. The van der Waals surface area contributed by atoms with E-state index in [0.29, 0.717) is 6.04 Å². The molecule has 0 unspecified atom stereocenters. The highest BCUT2D eigenvalue weighted by Gasteiger charge is 2.37. The molecule has 4 nitrogen and oxygen atoms in total. The predicted octanol–water partition coefficient (Wildman–Crippen LogP) is 3.47. The minimum atomic E-state index is 0. The van der Waals surface area contributed by atoms with Crippen LogP contribution in [-0.4, -0.2) is 44.8 Å². The molecule has 2 aliphatic heterocycles. The van der Waals surface area contributed by atoms with Gasteiger partial charge in [-0.2, -0.15) is 0 Å². The maximum Gasteiger partial charge on any atom is 0.161 e. The second-order valence-electron chi connectivity index (χ2n) is 6.52. The quantitative estimate of drug-likeness (QED) is 0.860. The summed E-state index contributed by atoms with van der Waals surface area (Å²) in [5, 5.41) is 3.54. The zero-order chi connectivity index (χ0) is 16.5. The molecular formula is C20H26Cl2N2O2. The monoisotopic (exact) mass is 396 g/mol. The number of piperazine rings is 1. The molecule has 6 heteroatoms. The van der Waals surface area contributed by atoms with Gasteiger partial charge in [0.05, 0.1) is 20.3 Å². The average molecular weight is 397 g/mol. The molecule has 1 saturated heterocycles. The molecule has 4 rings (SSSR count). The van der Waals surface area contributed by atoms with Crippen molar-refractivity contribution in [3.05, 3.63) is 59.2 Å². The van der Waals surface area contributed by atoms with E-state index in [0.717, 1.165) is 37.6 Å². The molecule has 1 fully saturated rings. The molecule has 0 radical (unpaired) electrons. The molecular weight excluding hydrogens is 371 g/mol. The Hall–Kier alpha value is -1.46. The van der Waals surface area contributed by atoms with E-state index in [4.69, 9.17) is 9.47 Å². The molecule has 2 aromatic carbocycles. The number of rotatable bonds is 3. The fourth-order valence-electron chi connectivity index (χ4n) is 4.11. The number of benzene rings is 2. The van der Waals surface area contributed by atoms with Crippen molar-refractivity contribution in [2.24, 2.45) is 0 Å². The Bertz CT molecular complexity index is 727. The van der Waals surface area contributed by atoms with Gasteiger partial charge in [0, 0.05) is 25.7 Å². The molecule has 2 aromatic rings. The number of nitrogens with zero attached hydrogens (tertiary/aromatic N) is 1. The second kappa shape index (κ2) is 8.96. The van der Waals surface area contributed by atoms with Crippen LogP contribution in [-0.2, 0) is 6.42 Å². The lowest BCUT2D eigenvalue weighted by Crippen LogP contribution is -2.55. The van der Waals surface area contributed by atoms with E-state index in [-0.39, 0.29) is 30.9 Å². The van der Waals surface area contributed by atoms with E-state index >= 15 is 0 Å². The topological polar surface area (TPSA) is 33.7 Å². The summed E-state index contributed by atoms with van der Waals surface area (Å²) in [5.74, 6) is 1.63. The number of nitrogens with one attached hydrogen (secondary N) is 1. The van der Waals surface area contributed by atoms with Gasteiger partial charge >= 0.3 is 0 Å². The Labute approximate surface area is 167 Å². The summed E-state index contributed by atoms with van der Waals surface area (Å²) in [4.78, 5) is 2.64. The van der Waals surface area contributed by atoms with Crippen LogP contribution >= 0.6 is 24.8 Å². The first kappa shape index (κ1) is 20.8. The lowest BCUT2D eigenvalue weighted by molar-refractivity contribution is 0.111. The van der Waals surface area contributed by atoms with Crippen molar-refractivity contribution in [3.63, 3.8) is 0 Å². The second-order valence-corrected chi connectivity index (χ2v) is 6.52. The van der Waals surface area contributed by atoms with Gasteiger partial charge < -0.3 is 14.8 Å². The van der Waals surface area contributed by atoms with Crippen LogP contribution in [0.4, 0.5) is 0 Å². The van der Waals surface area contributed by atoms with E-state index in [1.54, 1.807) is 14.2 Å². The van der Waals surface area contributed by atoms with Gasteiger partial charge in [-0.1, -0.05) is 30.3 Å². The largest absolute Gasteiger partial charge is 0.493 e. The smallest absolute Gasteiger partial charge is 0.161 e. The molecule has 2 aliphatic rings. The molecule has 0 aliphatic carbocycles. The molecule has 0 amide bonds. The van der Waals surface area contributed by atoms with Crippen LogP contribution in [0.25, 0.3) is 0 Å². The van der Waals surface area contributed by atoms with E-state index in [1.807, 2.05) is 0 Å². The highest BCUT2D eigenvalue weighted by atomic mass is 35.5. The van der Waals surface area contributed by atoms with E-state index in [2.05, 4.69) is 52.7 Å². The molecule has 0 spiro atoms. The average Bonchev–Trinajstić information content (AvgIpc) is 2.65. The van der Waals surface area contributed by atoms with Crippen molar-refractivity contribution in [2.45, 2.75) is 18.5 Å². The third-order valence-corrected chi connectivity index (χ3v) is 5.24. The molecule has 1 N–H and O–H groups in total. The molecule has 0 saturated carbocycles. The molecule has 26 heavy (non-hydrogen) atoms. The van der Waals surface area contributed by atoms with Crippen LogP contribution in [0, 0.1) is 0 Å². The van der Waals surface area contributed by atoms with Gasteiger partial charge in [-0.25, -0.2) is 0 Å². The standard InChI is InChI=1S/C20H24N2O2.2ClH/c1-23-18-11-15-10-16-13-21-8-9-22(16)20(14-6-4-3-5-7-14)17(15)12-19(18)24-2;;/h3-7,11-12,16,20-21H,8-10,13H2,1-2H3;2*1H/t16-,20-;;/m0../s1. The Morgan fingerprint density at radius 2 is 1.69 bits per heavy atom. The molecule has 0 aromatic heterocycles. The van der Waals surface area contributed by atoms with Crippen LogP contribution in [0.1, 0.15) is 22.7 Å². The van der Waals surface area contributed by atoms with Gasteiger partial charge in [0.15, 0.2) is 11.5 Å². The number of fused-ring (bicyclic) bond motifs is 2. The summed E-state index contributed by atoms with van der Waals surface area (Å²) >= 11 is 0. The lowest BCUT2D eigenvalue weighted by atomic mass is 9.83. The van der Waals surface area contributed by atoms with Gasteiger partial charge in [-0.15, -0.1) is 24.8 Å². The van der Waals surface area contributed by atoms with Crippen molar-refractivity contribution < 1.29 is 9.47 Å². The zero-order valence-electron chi connectivity index (χ0n) is 15.1. The Morgan fingerprint density at radius 3 is 2.38 bits per heavy atom. The number of halogens is 2. The summed E-state index contributed by atoms with van der Waals surface area (Å²) in [5.41, 5.74) is 4.06. The maximum atomic E-state index is 5.57. The van der Waals surface area contributed by atoms with Gasteiger partial charge in [0.25, 0.3) is 0 Å². The Morgan fingerprint density at radius 1 is 1.00 bits per heavy atom. The minimum Gasteiger partial charge on any atom is -0.493 e. The van der Waals surface area contributed by atoms with Gasteiger partial charge in [0.1, 0.15) is 0 Å². The fraction of sp³-hybridized carbons (Fsp3) is 0.400. The van der Waals surface area contributed by atoms with Gasteiger partial charge in [-0.05, 0) is 35.2 Å². The third kappa shape index (κ3) is 3.65. The first-order chi connectivity index (χ1) is 11.8. The number of ether oxygens (including phenoxy) is 2. The first-order valence-corrected chi connectivity index (χ1v) is 8.58. The van der Waals surface area contributed by atoms with Crippen LogP contribution < -0.4 is 14.8 Å². The molecule has 142 valence electrons. The van der Waals surface area contributed by atoms with E-state index in [9.17, 15) is 0 Å². The fourth-order valence-corrected chi connectivity index (χ4v) is 4.11. The Balaban J connectivity index is 0.00000121. The molecule has 0 bridgehead atoms. The van der Waals surface area contributed by atoms with E-state index < -0.39 is 0 Å². The van der Waals surface area contributed by atoms with Crippen molar-refractivity contribution >= 4 is 24.8 Å². The van der Waals surface area contributed by atoms with Gasteiger partial charge in [0.2, 0.25) is 0 Å². The normalized spacial score (nSPS) is 21.5. The van der Waals surface area contributed by atoms with Crippen molar-refractivity contribution in [1.29, 1.82) is 0 Å². The Kier molecular flexibility index (Phi) is 7.18. The third-order valence-electron chi connectivity index (χ3n) is 5.24. The van der Waals surface area contributed by atoms with Gasteiger partial charge in [-0.3, -0.25) is 4.90 Å². The summed E-state index contributed by atoms with van der Waals surface area (Å²) in [6, 6.07) is 15.9. The summed E-state index contributed by atoms with van der Waals surface area (Å²) in [7, 11) is 3.41. The van der Waals surface area contributed by atoms with E-state index in [1.165, 1.54) is 16.7 Å². The first-order valence-electron chi connectivity index (χ1n) is 8.58. The highest BCUT2D eigenvalue weighted by Crippen LogP contribution is 2.42. The van der Waals surface area contributed by atoms with Crippen LogP contribution in [0.2, 0.25) is 0 Å². The lowest BCUT2D eigenvalue weighted by Gasteiger charge is -2.46. The van der Waals surface area contributed by atoms with Crippen molar-refractivity contribution in [3.8, 4) is 11.5 Å². The number of methoxy groups -OCH3 is 2. The molecule has 2 heterocycles. The minimum absolute atomic E-state index is 0. The van der Waals surface area contributed by atoms with Crippen LogP contribution in [0.3, 0.4) is 0 Å². The summed E-state index contributed by atoms with van der Waals surface area (Å²) < 4.78 is 11.1. The van der Waals surface area contributed by atoms with Crippen LogP contribution in [0.15, 0.2) is 42.5 Å². The van der Waals surface area contributed by atoms with Crippen LogP contribution in [0.5, 0.6) is 11.5 Å². The van der Waals surface area contributed by atoms with Crippen molar-refractivity contribution in [1.82, 2.24) is 10.2 Å². The molecule has 2 atom stereocenters. The predicted molar refractivity (Wildman–Crippen MR) is 109 cm³/mol.